The van der Waals surface area contributed by atoms with E-state index in [1.807, 2.05) is 7.05 Å². The van der Waals surface area contributed by atoms with Crippen molar-refractivity contribution in [3.63, 3.8) is 0 Å². The molecule has 0 spiro atoms. The lowest BCUT2D eigenvalue weighted by molar-refractivity contribution is 0.0879. The molecule has 0 amide bonds. The topological polar surface area (TPSA) is 62.3 Å². The lowest BCUT2D eigenvalue weighted by Crippen LogP contribution is -2.31. The lowest BCUT2D eigenvalue weighted by atomic mass is 10.2. The summed E-state index contributed by atoms with van der Waals surface area (Å²) in [6, 6.07) is 6.45. The number of hydrogen-bond acceptors (Lipinski definition) is 3. The Kier molecular flexibility index (Phi) is 5.74. The predicted octanol–water partition coefficient (Wildman–Crippen LogP) is 1.60. The minimum atomic E-state index is -0.343. The van der Waals surface area contributed by atoms with Gasteiger partial charge in [-0.25, -0.2) is 4.39 Å². The van der Waals surface area contributed by atoms with E-state index in [9.17, 15) is 4.39 Å². The van der Waals surface area contributed by atoms with E-state index in [4.69, 9.17) is 15.9 Å². The van der Waals surface area contributed by atoms with E-state index in [-0.39, 0.29) is 17.8 Å². The zero-order chi connectivity index (χ0) is 13.5. The molecule has 0 saturated heterocycles. The number of benzene rings is 1. The third-order valence-corrected chi connectivity index (χ3v) is 2.64. The van der Waals surface area contributed by atoms with E-state index in [2.05, 4.69) is 4.90 Å². The Morgan fingerprint density at radius 3 is 2.61 bits per heavy atom. The number of nitrogens with zero attached hydrogens (tertiary/aromatic N) is 1. The van der Waals surface area contributed by atoms with Crippen LogP contribution in [0.4, 0.5) is 4.39 Å². The molecule has 0 heterocycles. The minimum absolute atomic E-state index is 0.0381. The zero-order valence-electron chi connectivity index (χ0n) is 10.8. The van der Waals surface area contributed by atoms with Crippen molar-refractivity contribution in [3.8, 4) is 0 Å². The van der Waals surface area contributed by atoms with Gasteiger partial charge in [-0.05, 0) is 31.7 Å². The van der Waals surface area contributed by atoms with Crippen LogP contribution < -0.4 is 5.73 Å². The van der Waals surface area contributed by atoms with E-state index in [1.165, 1.54) is 12.1 Å². The highest BCUT2D eigenvalue weighted by Crippen LogP contribution is 2.05. The summed E-state index contributed by atoms with van der Waals surface area (Å²) in [5, 5.41) is 7.19. The monoisotopic (exact) mass is 253 g/mol. The Morgan fingerprint density at radius 1 is 1.44 bits per heavy atom. The standard InChI is InChI=1S/C13H20FN3O/c1-10(13(15)16)18-8-7-17(2)9-11-3-5-12(14)6-4-11/h3-6,10H,7-9H2,1-2H3,(H3,15,16). The van der Waals surface area contributed by atoms with Gasteiger partial charge in [-0.2, -0.15) is 0 Å². The molecule has 4 nitrogen and oxygen atoms in total. The highest BCUT2D eigenvalue weighted by Gasteiger charge is 2.06. The van der Waals surface area contributed by atoms with Gasteiger partial charge in [0.25, 0.3) is 0 Å². The normalized spacial score (nSPS) is 12.7. The Balaban J connectivity index is 2.27. The number of nitrogens with one attached hydrogen (secondary N) is 1. The molecule has 0 aromatic heterocycles. The molecule has 1 unspecified atom stereocenters. The van der Waals surface area contributed by atoms with Gasteiger partial charge in [0.2, 0.25) is 0 Å². The number of nitrogens with two attached hydrogens (primary N) is 1. The van der Waals surface area contributed by atoms with Crippen molar-refractivity contribution in [2.75, 3.05) is 20.2 Å². The van der Waals surface area contributed by atoms with Gasteiger partial charge in [0, 0.05) is 13.1 Å². The molecule has 100 valence electrons. The van der Waals surface area contributed by atoms with Gasteiger partial charge in [0.15, 0.2) is 0 Å². The smallest absolute Gasteiger partial charge is 0.123 e. The van der Waals surface area contributed by atoms with Crippen LogP contribution in [0.3, 0.4) is 0 Å². The average molecular weight is 253 g/mol. The van der Waals surface area contributed by atoms with Crippen molar-refractivity contribution >= 4 is 5.84 Å². The molecule has 0 saturated carbocycles. The molecule has 1 atom stereocenters. The van der Waals surface area contributed by atoms with E-state index < -0.39 is 0 Å². The third kappa shape index (κ3) is 5.25. The molecule has 0 aliphatic carbocycles. The van der Waals surface area contributed by atoms with Crippen molar-refractivity contribution < 1.29 is 9.13 Å². The van der Waals surface area contributed by atoms with Crippen LogP contribution in [-0.4, -0.2) is 37.0 Å². The number of likely N-dealkylation sites (N-methyl/N-ethyl adjacent to an activating group) is 1. The highest BCUT2D eigenvalue weighted by molar-refractivity contribution is 5.81. The summed E-state index contributed by atoms with van der Waals surface area (Å²) in [5.41, 5.74) is 6.35. The van der Waals surface area contributed by atoms with E-state index >= 15 is 0 Å². The Bertz CT molecular complexity index is 380. The molecule has 5 heteroatoms. The fraction of sp³-hybridized carbons (Fsp3) is 0.462. The van der Waals surface area contributed by atoms with Crippen molar-refractivity contribution in [1.82, 2.24) is 4.90 Å². The van der Waals surface area contributed by atoms with E-state index in [0.717, 1.165) is 18.7 Å². The first kappa shape index (κ1) is 14.6. The van der Waals surface area contributed by atoms with Crippen LogP contribution >= 0.6 is 0 Å². The van der Waals surface area contributed by atoms with Crippen molar-refractivity contribution in [2.45, 2.75) is 19.6 Å². The van der Waals surface area contributed by atoms with Gasteiger partial charge in [-0.15, -0.1) is 0 Å². The fourth-order valence-corrected chi connectivity index (χ4v) is 1.46. The van der Waals surface area contributed by atoms with Gasteiger partial charge in [-0.3, -0.25) is 10.3 Å². The quantitative estimate of drug-likeness (QED) is 0.573. The molecule has 3 N–H and O–H groups in total. The molecule has 0 bridgehead atoms. The van der Waals surface area contributed by atoms with E-state index in [1.54, 1.807) is 19.1 Å². The van der Waals surface area contributed by atoms with E-state index in [0.29, 0.717) is 6.61 Å². The summed E-state index contributed by atoms with van der Waals surface area (Å²) < 4.78 is 18.1. The maximum absolute atomic E-state index is 12.7. The average Bonchev–Trinajstić information content (AvgIpc) is 2.32. The van der Waals surface area contributed by atoms with Crippen molar-refractivity contribution in [3.05, 3.63) is 35.6 Å². The first-order valence-electron chi connectivity index (χ1n) is 5.87. The van der Waals surface area contributed by atoms with Crippen LogP contribution in [0, 0.1) is 11.2 Å². The Hall–Kier alpha value is -1.46. The number of rotatable bonds is 7. The molecule has 0 aliphatic heterocycles. The largest absolute Gasteiger partial charge is 0.385 e. The first-order valence-corrected chi connectivity index (χ1v) is 5.87. The SMILES string of the molecule is CC(OCCN(C)Cc1ccc(F)cc1)C(=N)N. The lowest BCUT2D eigenvalue weighted by Gasteiger charge is -2.18. The molecule has 0 fully saturated rings. The Morgan fingerprint density at radius 2 is 2.06 bits per heavy atom. The van der Waals surface area contributed by atoms with Gasteiger partial charge in [0.05, 0.1) is 6.61 Å². The molecule has 0 radical (unpaired) electrons. The van der Waals surface area contributed by atoms with Gasteiger partial charge >= 0.3 is 0 Å². The molecule has 18 heavy (non-hydrogen) atoms. The Labute approximate surface area is 107 Å². The second-order valence-corrected chi connectivity index (χ2v) is 4.33. The third-order valence-electron chi connectivity index (χ3n) is 2.64. The molecule has 0 aliphatic rings. The summed E-state index contributed by atoms with van der Waals surface area (Å²) in [7, 11) is 1.96. The second-order valence-electron chi connectivity index (χ2n) is 4.33. The number of ether oxygens (including phenoxy) is 1. The number of amidine groups is 1. The van der Waals surface area contributed by atoms with Crippen molar-refractivity contribution in [2.24, 2.45) is 5.73 Å². The molecular formula is C13H20FN3O. The minimum Gasteiger partial charge on any atom is -0.385 e. The maximum Gasteiger partial charge on any atom is 0.123 e. The zero-order valence-corrected chi connectivity index (χ0v) is 10.8. The summed E-state index contributed by atoms with van der Waals surface area (Å²) in [6.07, 6.45) is -0.343. The van der Waals surface area contributed by atoms with Gasteiger partial charge in [0.1, 0.15) is 17.8 Å². The maximum atomic E-state index is 12.7. The molecule has 1 rings (SSSR count). The van der Waals surface area contributed by atoms with Crippen LogP contribution in [0.1, 0.15) is 12.5 Å². The predicted molar refractivity (Wildman–Crippen MR) is 70.1 cm³/mol. The number of halogens is 1. The molecular weight excluding hydrogens is 233 g/mol. The van der Waals surface area contributed by atoms with Crippen LogP contribution in [0.15, 0.2) is 24.3 Å². The fourth-order valence-electron chi connectivity index (χ4n) is 1.46. The van der Waals surface area contributed by atoms with Crippen LogP contribution in [0.25, 0.3) is 0 Å². The molecule has 1 aromatic rings. The highest BCUT2D eigenvalue weighted by atomic mass is 19.1. The van der Waals surface area contributed by atoms with Crippen LogP contribution in [0.5, 0.6) is 0 Å². The summed E-state index contributed by atoms with van der Waals surface area (Å²) in [5.74, 6) is -0.184. The number of hydrogen-bond donors (Lipinski definition) is 2. The summed E-state index contributed by atoms with van der Waals surface area (Å²) in [4.78, 5) is 2.07. The van der Waals surface area contributed by atoms with Gasteiger partial charge < -0.3 is 10.5 Å². The summed E-state index contributed by atoms with van der Waals surface area (Å²) >= 11 is 0. The van der Waals surface area contributed by atoms with Gasteiger partial charge in [-0.1, -0.05) is 12.1 Å². The first-order chi connectivity index (χ1) is 8.49. The second kappa shape index (κ2) is 7.08. The molecule has 1 aromatic carbocycles. The van der Waals surface area contributed by atoms with Crippen LogP contribution in [0.2, 0.25) is 0 Å². The summed E-state index contributed by atoms with van der Waals surface area (Å²) in [6.45, 7) is 3.73. The van der Waals surface area contributed by atoms with Crippen molar-refractivity contribution in [1.29, 1.82) is 5.41 Å². The van der Waals surface area contributed by atoms with Crippen LogP contribution in [-0.2, 0) is 11.3 Å².